The third-order valence-electron chi connectivity index (χ3n) is 5.58. The van der Waals surface area contributed by atoms with Crippen molar-refractivity contribution in [1.82, 2.24) is 29.8 Å². The van der Waals surface area contributed by atoms with Gasteiger partial charge in [-0.1, -0.05) is 30.3 Å². The van der Waals surface area contributed by atoms with Crippen molar-refractivity contribution in [2.75, 3.05) is 45.2 Å². The van der Waals surface area contributed by atoms with Gasteiger partial charge in [-0.2, -0.15) is 14.6 Å². The van der Waals surface area contributed by atoms with Crippen LogP contribution in [-0.4, -0.2) is 70.7 Å². The van der Waals surface area contributed by atoms with Crippen LogP contribution in [0.15, 0.2) is 42.7 Å². The number of likely N-dealkylation sites (tertiary alicyclic amines) is 1. The number of benzene rings is 1. The zero-order valence-electron chi connectivity index (χ0n) is 17.0. The number of hydrogen-bond acceptors (Lipinski definition) is 6. The second kappa shape index (κ2) is 8.57. The standard InChI is InChI=1S/C21H27N7O/c1-22-19(29)14-27-10-8-16(9-11-27)13-26(2)20-12-18(17-6-4-3-5-7-17)25-21-23-15-24-28(20)21/h3-7,12,15-16H,8-11,13-14H2,1-2H3,(H,22,29). The highest BCUT2D eigenvalue weighted by molar-refractivity contribution is 5.77. The number of anilines is 1. The third-order valence-corrected chi connectivity index (χ3v) is 5.58. The summed E-state index contributed by atoms with van der Waals surface area (Å²) in [6.45, 7) is 3.33. The molecule has 0 bridgehead atoms. The molecular formula is C21H27N7O. The van der Waals surface area contributed by atoms with E-state index in [-0.39, 0.29) is 5.91 Å². The molecule has 1 saturated heterocycles. The second-order valence-corrected chi connectivity index (χ2v) is 7.61. The Morgan fingerprint density at radius 3 is 2.72 bits per heavy atom. The fourth-order valence-electron chi connectivity index (χ4n) is 3.92. The molecule has 1 amide bonds. The van der Waals surface area contributed by atoms with Gasteiger partial charge in [-0.15, -0.1) is 0 Å². The molecule has 8 heteroatoms. The third kappa shape index (κ3) is 4.37. The number of nitrogens with one attached hydrogen (secondary N) is 1. The maximum atomic E-state index is 11.6. The van der Waals surface area contributed by atoms with Gasteiger partial charge in [0.1, 0.15) is 12.1 Å². The van der Waals surface area contributed by atoms with E-state index < -0.39 is 0 Å². The quantitative estimate of drug-likeness (QED) is 0.687. The first-order chi connectivity index (χ1) is 14.1. The minimum absolute atomic E-state index is 0.0827. The Kier molecular flexibility index (Phi) is 5.71. The predicted octanol–water partition coefficient (Wildman–Crippen LogP) is 1.69. The molecular weight excluding hydrogens is 366 g/mol. The normalized spacial score (nSPS) is 15.5. The predicted molar refractivity (Wildman–Crippen MR) is 113 cm³/mol. The average molecular weight is 393 g/mol. The number of rotatable bonds is 6. The lowest BCUT2D eigenvalue weighted by molar-refractivity contribution is -0.122. The topological polar surface area (TPSA) is 78.7 Å². The molecule has 2 aromatic heterocycles. The van der Waals surface area contributed by atoms with Crippen molar-refractivity contribution in [2.24, 2.45) is 5.92 Å². The zero-order chi connectivity index (χ0) is 20.2. The number of fused-ring (bicyclic) bond motifs is 1. The van der Waals surface area contributed by atoms with Crippen molar-refractivity contribution in [2.45, 2.75) is 12.8 Å². The average Bonchev–Trinajstić information content (AvgIpc) is 3.23. The van der Waals surface area contributed by atoms with Gasteiger partial charge in [-0.3, -0.25) is 9.69 Å². The van der Waals surface area contributed by atoms with Gasteiger partial charge in [0, 0.05) is 32.3 Å². The van der Waals surface area contributed by atoms with Crippen LogP contribution in [0.2, 0.25) is 0 Å². The van der Waals surface area contributed by atoms with Crippen LogP contribution in [0.1, 0.15) is 12.8 Å². The highest BCUT2D eigenvalue weighted by atomic mass is 16.1. The van der Waals surface area contributed by atoms with Crippen LogP contribution >= 0.6 is 0 Å². The first-order valence-corrected chi connectivity index (χ1v) is 10.0. The van der Waals surface area contributed by atoms with Gasteiger partial charge in [-0.25, -0.2) is 4.98 Å². The van der Waals surface area contributed by atoms with E-state index >= 15 is 0 Å². The lowest BCUT2D eigenvalue weighted by atomic mass is 9.96. The van der Waals surface area contributed by atoms with E-state index in [0.29, 0.717) is 18.2 Å². The zero-order valence-corrected chi connectivity index (χ0v) is 17.0. The SMILES string of the molecule is CNC(=O)CN1CCC(CN(C)c2cc(-c3ccccc3)nc3ncnn23)CC1. The maximum Gasteiger partial charge on any atom is 0.254 e. The maximum absolute atomic E-state index is 11.6. The molecule has 1 aromatic carbocycles. The first-order valence-electron chi connectivity index (χ1n) is 10.0. The van der Waals surface area contributed by atoms with Crippen molar-refractivity contribution < 1.29 is 4.79 Å². The number of piperidine rings is 1. The number of carbonyl (C=O) groups is 1. The molecule has 1 aliphatic heterocycles. The minimum atomic E-state index is 0.0827. The van der Waals surface area contributed by atoms with Gasteiger partial charge in [0.2, 0.25) is 5.91 Å². The number of nitrogens with zero attached hydrogens (tertiary/aromatic N) is 6. The molecule has 0 radical (unpaired) electrons. The van der Waals surface area contributed by atoms with Crippen LogP contribution in [0.3, 0.4) is 0 Å². The Labute approximate surface area is 170 Å². The highest BCUT2D eigenvalue weighted by Gasteiger charge is 2.23. The largest absolute Gasteiger partial charge is 0.359 e. The minimum Gasteiger partial charge on any atom is -0.359 e. The van der Waals surface area contributed by atoms with Gasteiger partial charge >= 0.3 is 0 Å². The molecule has 0 unspecified atom stereocenters. The van der Waals surface area contributed by atoms with E-state index in [1.807, 2.05) is 18.2 Å². The molecule has 3 heterocycles. The summed E-state index contributed by atoms with van der Waals surface area (Å²) in [6, 6.07) is 12.2. The molecule has 1 N–H and O–H groups in total. The summed E-state index contributed by atoms with van der Waals surface area (Å²) in [5, 5.41) is 7.07. The number of amides is 1. The molecule has 1 aliphatic rings. The second-order valence-electron chi connectivity index (χ2n) is 7.61. The lowest BCUT2D eigenvalue weighted by Crippen LogP contribution is -2.42. The summed E-state index contributed by atoms with van der Waals surface area (Å²) in [4.78, 5) is 25.0. The molecule has 0 spiro atoms. The lowest BCUT2D eigenvalue weighted by Gasteiger charge is -2.34. The fourth-order valence-corrected chi connectivity index (χ4v) is 3.92. The summed E-state index contributed by atoms with van der Waals surface area (Å²) in [5.41, 5.74) is 1.96. The van der Waals surface area contributed by atoms with Gasteiger partial charge in [0.25, 0.3) is 5.78 Å². The van der Waals surface area contributed by atoms with E-state index in [2.05, 4.69) is 55.4 Å². The Morgan fingerprint density at radius 2 is 2.00 bits per heavy atom. The Morgan fingerprint density at radius 1 is 1.24 bits per heavy atom. The molecule has 4 rings (SSSR count). The number of likely N-dealkylation sites (N-methyl/N-ethyl adjacent to an activating group) is 1. The van der Waals surface area contributed by atoms with E-state index in [9.17, 15) is 4.79 Å². The van der Waals surface area contributed by atoms with Crippen molar-refractivity contribution >= 4 is 17.5 Å². The summed E-state index contributed by atoms with van der Waals surface area (Å²) < 4.78 is 1.80. The Balaban J connectivity index is 1.48. The van der Waals surface area contributed by atoms with Crippen molar-refractivity contribution in [3.63, 3.8) is 0 Å². The summed E-state index contributed by atoms with van der Waals surface area (Å²) in [5.74, 6) is 2.25. The smallest absolute Gasteiger partial charge is 0.254 e. The molecule has 0 aliphatic carbocycles. The van der Waals surface area contributed by atoms with Gasteiger partial charge in [0.05, 0.1) is 12.2 Å². The van der Waals surface area contributed by atoms with Crippen LogP contribution < -0.4 is 10.2 Å². The molecule has 0 atom stereocenters. The van der Waals surface area contributed by atoms with Crippen LogP contribution in [-0.2, 0) is 4.79 Å². The number of carbonyl (C=O) groups excluding carboxylic acids is 1. The fraction of sp³-hybridized carbons (Fsp3) is 0.429. The van der Waals surface area contributed by atoms with Gasteiger partial charge < -0.3 is 10.2 Å². The van der Waals surface area contributed by atoms with E-state index in [0.717, 1.165) is 49.6 Å². The molecule has 29 heavy (non-hydrogen) atoms. The summed E-state index contributed by atoms with van der Waals surface area (Å²) >= 11 is 0. The van der Waals surface area contributed by atoms with Crippen LogP contribution in [0.4, 0.5) is 5.82 Å². The monoisotopic (exact) mass is 393 g/mol. The van der Waals surface area contributed by atoms with Crippen LogP contribution in [0.5, 0.6) is 0 Å². The molecule has 0 saturated carbocycles. The van der Waals surface area contributed by atoms with E-state index in [1.54, 1.807) is 17.9 Å². The summed E-state index contributed by atoms with van der Waals surface area (Å²) in [7, 11) is 3.79. The van der Waals surface area contributed by atoms with Crippen molar-refractivity contribution in [3.05, 3.63) is 42.7 Å². The van der Waals surface area contributed by atoms with Crippen molar-refractivity contribution in [1.29, 1.82) is 0 Å². The molecule has 1 fully saturated rings. The highest BCUT2D eigenvalue weighted by Crippen LogP contribution is 2.25. The van der Waals surface area contributed by atoms with Gasteiger partial charge in [-0.05, 0) is 31.8 Å². The van der Waals surface area contributed by atoms with Crippen molar-refractivity contribution in [3.8, 4) is 11.3 Å². The van der Waals surface area contributed by atoms with Crippen LogP contribution in [0, 0.1) is 5.92 Å². The summed E-state index contributed by atoms with van der Waals surface area (Å²) in [6.07, 6.45) is 3.71. The number of aromatic nitrogens is 4. The first kappa shape index (κ1) is 19.3. The Hall–Kier alpha value is -3.00. The molecule has 3 aromatic rings. The van der Waals surface area contributed by atoms with Gasteiger partial charge in [0.15, 0.2) is 0 Å². The van der Waals surface area contributed by atoms with E-state index in [4.69, 9.17) is 0 Å². The Bertz CT molecular complexity index is 964. The van der Waals surface area contributed by atoms with Crippen LogP contribution in [0.25, 0.3) is 17.0 Å². The van der Waals surface area contributed by atoms with E-state index in [1.165, 1.54) is 0 Å². The number of hydrogen-bond donors (Lipinski definition) is 1. The molecule has 8 nitrogen and oxygen atoms in total. The molecule has 152 valence electrons.